The second kappa shape index (κ2) is 3.57. The van der Waals surface area contributed by atoms with Crippen LogP contribution in [-0.4, -0.2) is 9.66 Å². The molecule has 1 heterocycles. The molecule has 0 unspecified atom stereocenters. The molecular formula is C11H11N3O. The number of rotatable bonds is 1. The average Bonchev–Trinajstić information content (AvgIpc) is 2.27. The predicted octanol–water partition coefficient (Wildman–Crippen LogP) is 0.933. The third-order valence-corrected chi connectivity index (χ3v) is 2.26. The molecule has 1 aromatic carbocycles. The van der Waals surface area contributed by atoms with Crippen molar-refractivity contribution < 1.29 is 0 Å². The Kier molecular flexibility index (Phi) is 2.25. The van der Waals surface area contributed by atoms with E-state index in [4.69, 9.17) is 5.84 Å². The van der Waals surface area contributed by atoms with E-state index < -0.39 is 0 Å². The van der Waals surface area contributed by atoms with Gasteiger partial charge in [0.05, 0.1) is 5.56 Å². The van der Waals surface area contributed by atoms with Gasteiger partial charge in [-0.15, -0.1) is 0 Å². The molecule has 0 aliphatic rings. The van der Waals surface area contributed by atoms with Gasteiger partial charge >= 0.3 is 0 Å². The van der Waals surface area contributed by atoms with E-state index >= 15 is 0 Å². The summed E-state index contributed by atoms with van der Waals surface area (Å²) in [5.41, 5.74) is 1.12. The van der Waals surface area contributed by atoms with Crippen molar-refractivity contribution >= 4 is 0 Å². The Balaban J connectivity index is 2.66. The summed E-state index contributed by atoms with van der Waals surface area (Å²) in [4.78, 5) is 15.8. The second-order valence-electron chi connectivity index (χ2n) is 3.26. The molecule has 0 saturated heterocycles. The fourth-order valence-corrected chi connectivity index (χ4v) is 1.37. The molecule has 0 aliphatic heterocycles. The topological polar surface area (TPSA) is 60.9 Å². The third kappa shape index (κ3) is 1.61. The number of aryl methyl sites for hydroxylation is 1. The monoisotopic (exact) mass is 201 g/mol. The highest BCUT2D eigenvalue weighted by Crippen LogP contribution is 2.12. The Morgan fingerprint density at radius 1 is 1.27 bits per heavy atom. The van der Waals surface area contributed by atoms with Crippen LogP contribution >= 0.6 is 0 Å². The lowest BCUT2D eigenvalue weighted by molar-refractivity contribution is 0.833. The molecule has 2 aromatic rings. The molecular weight excluding hydrogens is 190 g/mol. The lowest BCUT2D eigenvalue weighted by Gasteiger charge is -2.05. The van der Waals surface area contributed by atoms with Crippen LogP contribution in [0.15, 0.2) is 41.3 Å². The van der Waals surface area contributed by atoms with Crippen LogP contribution in [0, 0.1) is 6.92 Å². The van der Waals surface area contributed by atoms with Gasteiger partial charge in [0.25, 0.3) is 5.56 Å². The fourth-order valence-electron chi connectivity index (χ4n) is 1.37. The molecule has 0 saturated carbocycles. The number of hydrogen-bond donors (Lipinski definition) is 1. The summed E-state index contributed by atoms with van der Waals surface area (Å²) in [7, 11) is 0. The van der Waals surface area contributed by atoms with E-state index in [1.807, 2.05) is 30.3 Å². The molecule has 0 aliphatic carbocycles. The van der Waals surface area contributed by atoms with Crippen LogP contribution in [0.3, 0.4) is 0 Å². The Bertz CT molecular complexity index is 531. The van der Waals surface area contributed by atoms with Crippen molar-refractivity contribution in [3.05, 3.63) is 52.7 Å². The summed E-state index contributed by atoms with van der Waals surface area (Å²) < 4.78 is 1.06. The van der Waals surface area contributed by atoms with Gasteiger partial charge in [-0.2, -0.15) is 0 Å². The standard InChI is InChI=1S/C11H11N3O/c1-8-13-7-10(11(15)14(8)12)9-5-3-2-4-6-9/h2-7H,12H2,1H3. The summed E-state index contributed by atoms with van der Waals surface area (Å²) in [5.74, 6) is 6.06. The summed E-state index contributed by atoms with van der Waals surface area (Å²) in [6, 6.07) is 9.35. The van der Waals surface area contributed by atoms with Crippen LogP contribution in [0.5, 0.6) is 0 Å². The number of hydrogen-bond acceptors (Lipinski definition) is 3. The first-order valence-corrected chi connectivity index (χ1v) is 4.59. The van der Waals surface area contributed by atoms with E-state index in [9.17, 15) is 4.79 Å². The molecule has 76 valence electrons. The van der Waals surface area contributed by atoms with Crippen molar-refractivity contribution in [2.75, 3.05) is 5.84 Å². The predicted molar refractivity (Wildman–Crippen MR) is 58.8 cm³/mol. The van der Waals surface area contributed by atoms with Crippen LogP contribution < -0.4 is 11.4 Å². The summed E-state index contributed by atoms with van der Waals surface area (Å²) >= 11 is 0. The number of benzene rings is 1. The minimum atomic E-state index is -0.228. The van der Waals surface area contributed by atoms with E-state index in [1.165, 1.54) is 0 Å². The van der Waals surface area contributed by atoms with Gasteiger partial charge < -0.3 is 5.84 Å². The van der Waals surface area contributed by atoms with Gasteiger partial charge in [-0.1, -0.05) is 30.3 Å². The van der Waals surface area contributed by atoms with E-state index in [-0.39, 0.29) is 5.56 Å². The smallest absolute Gasteiger partial charge is 0.279 e. The zero-order valence-electron chi connectivity index (χ0n) is 8.34. The van der Waals surface area contributed by atoms with Crippen LogP contribution in [0.2, 0.25) is 0 Å². The molecule has 2 N–H and O–H groups in total. The Morgan fingerprint density at radius 3 is 2.60 bits per heavy atom. The van der Waals surface area contributed by atoms with Crippen molar-refractivity contribution in [2.45, 2.75) is 6.92 Å². The van der Waals surface area contributed by atoms with Gasteiger partial charge in [-0.25, -0.2) is 9.66 Å². The minimum Gasteiger partial charge on any atom is -0.335 e. The summed E-state index contributed by atoms with van der Waals surface area (Å²) in [6.07, 6.45) is 1.55. The number of nitrogens with two attached hydrogens (primary N) is 1. The maximum Gasteiger partial charge on any atom is 0.279 e. The van der Waals surface area contributed by atoms with Crippen molar-refractivity contribution in [1.29, 1.82) is 0 Å². The molecule has 0 atom stereocenters. The van der Waals surface area contributed by atoms with Gasteiger partial charge in [-0.05, 0) is 12.5 Å². The number of aromatic nitrogens is 2. The highest BCUT2D eigenvalue weighted by molar-refractivity contribution is 5.61. The molecule has 0 amide bonds. The van der Waals surface area contributed by atoms with Crippen molar-refractivity contribution in [2.24, 2.45) is 0 Å². The summed E-state index contributed by atoms with van der Waals surface area (Å²) in [6.45, 7) is 1.69. The molecule has 0 bridgehead atoms. The summed E-state index contributed by atoms with van der Waals surface area (Å²) in [5, 5.41) is 0. The fraction of sp³-hybridized carbons (Fsp3) is 0.0909. The largest absolute Gasteiger partial charge is 0.335 e. The number of nitrogen functional groups attached to an aromatic ring is 1. The molecule has 1 aromatic heterocycles. The van der Waals surface area contributed by atoms with Crippen LogP contribution in [0.4, 0.5) is 0 Å². The third-order valence-electron chi connectivity index (χ3n) is 2.26. The zero-order chi connectivity index (χ0) is 10.8. The van der Waals surface area contributed by atoms with Gasteiger partial charge in [0.2, 0.25) is 0 Å². The van der Waals surface area contributed by atoms with E-state index in [2.05, 4.69) is 4.98 Å². The zero-order valence-corrected chi connectivity index (χ0v) is 8.34. The van der Waals surface area contributed by atoms with Crippen LogP contribution in [0.25, 0.3) is 11.1 Å². The SMILES string of the molecule is Cc1ncc(-c2ccccc2)c(=O)n1N. The molecule has 0 radical (unpaired) electrons. The van der Waals surface area contributed by atoms with Gasteiger partial charge in [-0.3, -0.25) is 4.79 Å². The van der Waals surface area contributed by atoms with Crippen LogP contribution in [0.1, 0.15) is 5.82 Å². The molecule has 0 fully saturated rings. The quantitative estimate of drug-likeness (QED) is 0.698. The second-order valence-corrected chi connectivity index (χ2v) is 3.26. The van der Waals surface area contributed by atoms with E-state index in [0.717, 1.165) is 10.2 Å². The minimum absolute atomic E-state index is 0.228. The Hall–Kier alpha value is -2.10. The lowest BCUT2D eigenvalue weighted by Crippen LogP contribution is -2.31. The Labute approximate surface area is 87.0 Å². The normalized spacial score (nSPS) is 10.2. The van der Waals surface area contributed by atoms with Crippen LogP contribution in [-0.2, 0) is 0 Å². The van der Waals surface area contributed by atoms with E-state index in [1.54, 1.807) is 13.1 Å². The Morgan fingerprint density at radius 2 is 1.93 bits per heavy atom. The number of nitrogens with zero attached hydrogens (tertiary/aromatic N) is 2. The van der Waals surface area contributed by atoms with Gasteiger partial charge in [0.1, 0.15) is 5.82 Å². The first kappa shape index (κ1) is 9.45. The molecule has 4 heteroatoms. The molecule has 15 heavy (non-hydrogen) atoms. The molecule has 0 spiro atoms. The first-order valence-electron chi connectivity index (χ1n) is 4.59. The average molecular weight is 201 g/mol. The van der Waals surface area contributed by atoms with Crippen molar-refractivity contribution in [3.63, 3.8) is 0 Å². The maximum absolute atomic E-state index is 11.8. The molecule has 4 nitrogen and oxygen atoms in total. The van der Waals surface area contributed by atoms with Gasteiger partial charge in [0, 0.05) is 6.20 Å². The lowest BCUT2D eigenvalue weighted by atomic mass is 10.1. The van der Waals surface area contributed by atoms with Gasteiger partial charge in [0.15, 0.2) is 0 Å². The highest BCUT2D eigenvalue weighted by atomic mass is 16.1. The van der Waals surface area contributed by atoms with Crippen molar-refractivity contribution in [3.8, 4) is 11.1 Å². The highest BCUT2D eigenvalue weighted by Gasteiger charge is 2.06. The van der Waals surface area contributed by atoms with Crippen molar-refractivity contribution in [1.82, 2.24) is 9.66 Å². The molecule has 2 rings (SSSR count). The first-order chi connectivity index (χ1) is 7.20. The van der Waals surface area contributed by atoms with E-state index in [0.29, 0.717) is 11.4 Å². The maximum atomic E-state index is 11.8.